The van der Waals surface area contributed by atoms with Gasteiger partial charge in [0.25, 0.3) is 5.91 Å². The second-order valence-corrected chi connectivity index (χ2v) is 8.22. The van der Waals surface area contributed by atoms with Crippen molar-refractivity contribution in [1.29, 1.82) is 0 Å². The summed E-state index contributed by atoms with van der Waals surface area (Å²) in [5.41, 5.74) is 3.06. The number of pyridine rings is 1. The molecule has 0 saturated carbocycles. The summed E-state index contributed by atoms with van der Waals surface area (Å²) < 4.78 is 2.17. The zero-order valence-corrected chi connectivity index (χ0v) is 17.9. The number of hydrogen-bond donors (Lipinski definition) is 0. The molecule has 6 heteroatoms. The van der Waals surface area contributed by atoms with Crippen molar-refractivity contribution >= 4 is 34.2 Å². The van der Waals surface area contributed by atoms with Gasteiger partial charge >= 0.3 is 0 Å². The number of aromatic nitrogens is 2. The van der Waals surface area contributed by atoms with Crippen LogP contribution in [-0.4, -0.2) is 46.5 Å². The summed E-state index contributed by atoms with van der Waals surface area (Å²) in [4.78, 5) is 22.0. The van der Waals surface area contributed by atoms with Gasteiger partial charge in [-0.1, -0.05) is 60.1 Å². The van der Waals surface area contributed by atoms with Gasteiger partial charge in [0, 0.05) is 56.0 Å². The maximum absolute atomic E-state index is 13.4. The molecule has 1 amide bonds. The van der Waals surface area contributed by atoms with Gasteiger partial charge in [-0.25, -0.2) is 4.98 Å². The summed E-state index contributed by atoms with van der Waals surface area (Å²) in [7, 11) is 0. The first-order valence-electron chi connectivity index (χ1n) is 10.5. The van der Waals surface area contributed by atoms with E-state index in [1.54, 1.807) is 6.20 Å². The molecule has 0 aliphatic carbocycles. The number of fused-ring (bicyclic) bond motifs is 1. The summed E-state index contributed by atoms with van der Waals surface area (Å²) in [6, 6.07) is 22.2. The van der Waals surface area contributed by atoms with Crippen molar-refractivity contribution in [3.8, 4) is 0 Å². The Bertz CT molecular complexity index is 1200. The van der Waals surface area contributed by atoms with Crippen LogP contribution in [0.15, 0.2) is 79.1 Å². The van der Waals surface area contributed by atoms with Crippen LogP contribution in [0, 0.1) is 0 Å². The Balaban J connectivity index is 1.36. The van der Waals surface area contributed by atoms with Gasteiger partial charge in [0.05, 0.1) is 10.6 Å². The van der Waals surface area contributed by atoms with Gasteiger partial charge in [-0.2, -0.15) is 0 Å². The second kappa shape index (κ2) is 8.44. The summed E-state index contributed by atoms with van der Waals surface area (Å²) in [5.74, 6) is 0.989. The van der Waals surface area contributed by atoms with Crippen LogP contribution in [-0.2, 0) is 6.54 Å². The fraction of sp³-hybridized carbons (Fsp3) is 0.200. The van der Waals surface area contributed by atoms with Crippen LogP contribution in [0.1, 0.15) is 15.9 Å². The highest BCUT2D eigenvalue weighted by molar-refractivity contribution is 6.30. The van der Waals surface area contributed by atoms with E-state index in [9.17, 15) is 4.79 Å². The van der Waals surface area contributed by atoms with E-state index in [4.69, 9.17) is 11.6 Å². The molecule has 0 radical (unpaired) electrons. The summed E-state index contributed by atoms with van der Waals surface area (Å²) >= 11 is 5.95. The van der Waals surface area contributed by atoms with Crippen molar-refractivity contribution in [2.45, 2.75) is 6.54 Å². The lowest BCUT2D eigenvalue weighted by molar-refractivity contribution is 0.0748. The van der Waals surface area contributed by atoms with Crippen LogP contribution in [0.2, 0.25) is 5.02 Å². The molecule has 156 valence electrons. The predicted molar refractivity (Wildman–Crippen MR) is 125 cm³/mol. The van der Waals surface area contributed by atoms with Gasteiger partial charge in [-0.15, -0.1) is 0 Å². The molecular formula is C25H23ClN4O. The third kappa shape index (κ3) is 4.01. The molecule has 1 aliphatic rings. The first-order valence-corrected chi connectivity index (χ1v) is 10.8. The van der Waals surface area contributed by atoms with Crippen molar-refractivity contribution in [2.24, 2.45) is 0 Å². The van der Waals surface area contributed by atoms with Gasteiger partial charge in [-0.05, 0) is 23.8 Å². The molecule has 0 bridgehead atoms. The van der Waals surface area contributed by atoms with Crippen molar-refractivity contribution in [1.82, 2.24) is 14.5 Å². The van der Waals surface area contributed by atoms with Crippen LogP contribution in [0.4, 0.5) is 5.82 Å². The van der Waals surface area contributed by atoms with Crippen LogP contribution in [0.25, 0.3) is 10.9 Å². The molecule has 0 atom stereocenters. The van der Waals surface area contributed by atoms with E-state index in [-0.39, 0.29) is 5.91 Å². The minimum atomic E-state index is 0.0896. The molecule has 0 N–H and O–H groups in total. The fourth-order valence-electron chi connectivity index (χ4n) is 4.19. The zero-order chi connectivity index (χ0) is 21.2. The topological polar surface area (TPSA) is 41.4 Å². The highest BCUT2D eigenvalue weighted by Crippen LogP contribution is 2.25. The van der Waals surface area contributed by atoms with Crippen LogP contribution >= 0.6 is 11.6 Å². The monoisotopic (exact) mass is 430 g/mol. The molecule has 1 saturated heterocycles. The molecule has 5 nitrogen and oxygen atoms in total. The third-order valence-corrected chi connectivity index (χ3v) is 6.04. The lowest BCUT2D eigenvalue weighted by atomic mass is 10.1. The smallest absolute Gasteiger partial charge is 0.256 e. The van der Waals surface area contributed by atoms with Crippen molar-refractivity contribution in [3.63, 3.8) is 0 Å². The number of rotatable bonds is 4. The number of carbonyl (C=O) groups excluding carboxylic acids is 1. The molecule has 5 rings (SSSR count). The van der Waals surface area contributed by atoms with E-state index >= 15 is 0 Å². The van der Waals surface area contributed by atoms with Gasteiger partial charge in [0.15, 0.2) is 0 Å². The molecule has 2 aromatic carbocycles. The first kappa shape index (κ1) is 19.6. The number of benzene rings is 2. The van der Waals surface area contributed by atoms with Gasteiger partial charge in [-0.3, -0.25) is 4.79 Å². The quantitative estimate of drug-likeness (QED) is 0.471. The molecule has 1 aliphatic heterocycles. The van der Waals surface area contributed by atoms with Gasteiger partial charge < -0.3 is 14.4 Å². The van der Waals surface area contributed by atoms with Gasteiger partial charge in [0.2, 0.25) is 0 Å². The van der Waals surface area contributed by atoms with E-state index in [1.165, 1.54) is 5.56 Å². The maximum atomic E-state index is 13.4. The normalized spacial score (nSPS) is 14.2. The number of halogens is 1. The fourth-order valence-corrected chi connectivity index (χ4v) is 4.30. The molecule has 31 heavy (non-hydrogen) atoms. The molecule has 0 spiro atoms. The van der Waals surface area contributed by atoms with Crippen LogP contribution < -0.4 is 4.90 Å². The Hall–Kier alpha value is -3.31. The third-order valence-electron chi connectivity index (χ3n) is 5.82. The number of amides is 1. The number of nitrogens with zero attached hydrogens (tertiary/aromatic N) is 4. The number of carbonyl (C=O) groups is 1. The Morgan fingerprint density at radius 3 is 2.39 bits per heavy atom. The zero-order valence-electron chi connectivity index (χ0n) is 17.1. The average molecular weight is 431 g/mol. The lowest BCUT2D eigenvalue weighted by Gasteiger charge is -2.35. The standard InChI is InChI=1S/C25H23ClN4O/c26-20-10-11-24(27-16-20)28-12-14-29(15-13-28)25(31)22-18-30(17-19-6-2-1-3-7-19)23-9-5-4-8-21(22)23/h1-11,16,18H,12-15,17H2. The van der Waals surface area contributed by atoms with Crippen molar-refractivity contribution < 1.29 is 4.79 Å². The summed E-state index contributed by atoms with van der Waals surface area (Å²) in [5, 5.41) is 1.63. The molecule has 1 fully saturated rings. The van der Waals surface area contributed by atoms with E-state index in [0.29, 0.717) is 18.1 Å². The first-order chi connectivity index (χ1) is 15.2. The highest BCUT2D eigenvalue weighted by Gasteiger charge is 2.25. The number of piperazine rings is 1. The van der Waals surface area contributed by atoms with E-state index in [0.717, 1.165) is 41.9 Å². The SMILES string of the molecule is O=C(c1cn(Cc2ccccc2)c2ccccc12)N1CCN(c2ccc(Cl)cn2)CC1. The molecule has 3 heterocycles. The molecule has 4 aromatic rings. The van der Waals surface area contributed by atoms with Crippen molar-refractivity contribution in [3.05, 3.63) is 95.3 Å². The second-order valence-electron chi connectivity index (χ2n) is 7.79. The molecule has 0 unspecified atom stereocenters. The molecular weight excluding hydrogens is 408 g/mol. The van der Waals surface area contributed by atoms with Crippen LogP contribution in [0.3, 0.4) is 0 Å². The minimum Gasteiger partial charge on any atom is -0.353 e. The van der Waals surface area contributed by atoms with Crippen LogP contribution in [0.5, 0.6) is 0 Å². The Kier molecular flexibility index (Phi) is 5.35. The van der Waals surface area contributed by atoms with E-state index < -0.39 is 0 Å². The molecule has 2 aromatic heterocycles. The van der Waals surface area contributed by atoms with Crippen molar-refractivity contribution in [2.75, 3.05) is 31.1 Å². The van der Waals surface area contributed by atoms with E-state index in [1.807, 2.05) is 59.6 Å². The lowest BCUT2D eigenvalue weighted by Crippen LogP contribution is -2.49. The summed E-state index contributed by atoms with van der Waals surface area (Å²) in [6.07, 6.45) is 3.67. The largest absolute Gasteiger partial charge is 0.353 e. The number of anilines is 1. The Morgan fingerprint density at radius 1 is 0.903 bits per heavy atom. The average Bonchev–Trinajstić information content (AvgIpc) is 3.18. The maximum Gasteiger partial charge on any atom is 0.256 e. The number of para-hydroxylation sites is 1. The minimum absolute atomic E-state index is 0.0896. The Morgan fingerprint density at radius 2 is 1.65 bits per heavy atom. The Labute approximate surface area is 186 Å². The number of hydrogen-bond acceptors (Lipinski definition) is 3. The van der Waals surface area contributed by atoms with E-state index in [2.05, 4.69) is 32.7 Å². The van der Waals surface area contributed by atoms with Gasteiger partial charge in [0.1, 0.15) is 5.82 Å². The highest BCUT2D eigenvalue weighted by atomic mass is 35.5. The predicted octanol–water partition coefficient (Wildman–Crippen LogP) is 4.70. The summed E-state index contributed by atoms with van der Waals surface area (Å²) in [6.45, 7) is 3.58.